The molecule has 3 aromatic carbocycles. The zero-order valence-electron chi connectivity index (χ0n) is 15.3. The van der Waals surface area contributed by atoms with Gasteiger partial charge in [-0.3, -0.25) is 10.1 Å². The highest BCUT2D eigenvalue weighted by atomic mass is 35.5. The first kappa shape index (κ1) is 21.7. The second-order valence-electron chi connectivity index (χ2n) is 6.19. The normalized spacial score (nSPS) is 11.1. The van der Waals surface area contributed by atoms with Gasteiger partial charge in [0.05, 0.1) is 21.6 Å². The van der Waals surface area contributed by atoms with Gasteiger partial charge in [-0.15, -0.1) is 0 Å². The van der Waals surface area contributed by atoms with Crippen LogP contribution < -0.4 is 4.74 Å². The average Bonchev–Trinajstić information content (AvgIpc) is 2.72. The fourth-order valence-electron chi connectivity index (χ4n) is 2.67. The van der Waals surface area contributed by atoms with Gasteiger partial charge >= 0.3 is 0 Å². The quantitative estimate of drug-likeness (QED) is 0.169. The van der Waals surface area contributed by atoms with Crippen molar-refractivity contribution in [1.29, 1.82) is 5.26 Å². The number of nitriles is 1. The molecule has 0 unspecified atom stereocenters. The maximum absolute atomic E-state index is 10.8. The zero-order valence-corrected chi connectivity index (χ0v) is 17.6. The Bertz CT molecular complexity index is 1170. The molecule has 0 saturated heterocycles. The fourth-order valence-corrected chi connectivity index (χ4v) is 3.36. The lowest BCUT2D eigenvalue weighted by Crippen LogP contribution is -1.98. The van der Waals surface area contributed by atoms with Crippen LogP contribution in [0.25, 0.3) is 11.6 Å². The number of hydrogen-bond donors (Lipinski definition) is 0. The molecule has 8 heteroatoms. The summed E-state index contributed by atoms with van der Waals surface area (Å²) in [5.41, 5.74) is 2.20. The highest BCUT2D eigenvalue weighted by Gasteiger charge is 2.11. The van der Waals surface area contributed by atoms with E-state index in [1.165, 1.54) is 12.1 Å². The van der Waals surface area contributed by atoms with Crippen LogP contribution in [0, 0.1) is 21.4 Å². The lowest BCUT2D eigenvalue weighted by Gasteiger charge is -2.11. The van der Waals surface area contributed by atoms with Crippen LogP contribution in [0.3, 0.4) is 0 Å². The van der Waals surface area contributed by atoms with Gasteiger partial charge < -0.3 is 4.74 Å². The van der Waals surface area contributed by atoms with Crippen molar-refractivity contribution in [2.24, 2.45) is 0 Å². The van der Waals surface area contributed by atoms with Crippen molar-refractivity contribution >= 4 is 52.1 Å². The van der Waals surface area contributed by atoms with Crippen LogP contribution in [0.1, 0.15) is 16.7 Å². The Morgan fingerprint density at radius 3 is 2.33 bits per heavy atom. The second-order valence-corrected chi connectivity index (χ2v) is 7.47. The first-order chi connectivity index (χ1) is 14.4. The number of nitro groups is 1. The molecule has 0 aliphatic rings. The van der Waals surface area contributed by atoms with Gasteiger partial charge in [0.25, 0.3) is 5.69 Å². The van der Waals surface area contributed by atoms with Gasteiger partial charge in [0.2, 0.25) is 0 Å². The molecular formula is C22H13Cl3N2O3. The third kappa shape index (κ3) is 5.31. The predicted molar refractivity (Wildman–Crippen MR) is 119 cm³/mol. The minimum Gasteiger partial charge on any atom is -0.488 e. The second kappa shape index (κ2) is 9.64. The van der Waals surface area contributed by atoms with Crippen molar-refractivity contribution in [3.05, 3.63) is 103 Å². The van der Waals surface area contributed by atoms with E-state index in [1.54, 1.807) is 54.6 Å². The minimum atomic E-state index is -0.460. The number of benzene rings is 3. The molecule has 0 N–H and O–H groups in total. The van der Waals surface area contributed by atoms with E-state index in [2.05, 4.69) is 6.07 Å². The topological polar surface area (TPSA) is 76.2 Å². The number of nitrogens with zero attached hydrogens (tertiary/aromatic N) is 2. The molecule has 0 aliphatic carbocycles. The smallest absolute Gasteiger partial charge is 0.269 e. The van der Waals surface area contributed by atoms with Crippen LogP contribution in [0.15, 0.2) is 60.7 Å². The Morgan fingerprint density at radius 2 is 1.70 bits per heavy atom. The van der Waals surface area contributed by atoms with E-state index < -0.39 is 4.92 Å². The molecule has 0 bridgehead atoms. The summed E-state index contributed by atoms with van der Waals surface area (Å²) < 4.78 is 5.87. The highest BCUT2D eigenvalue weighted by molar-refractivity contribution is 6.36. The van der Waals surface area contributed by atoms with E-state index >= 15 is 0 Å². The van der Waals surface area contributed by atoms with Crippen molar-refractivity contribution in [3.63, 3.8) is 0 Å². The third-order valence-corrected chi connectivity index (χ3v) is 4.94. The third-order valence-electron chi connectivity index (χ3n) is 4.15. The number of rotatable bonds is 6. The summed E-state index contributed by atoms with van der Waals surface area (Å²) in [4.78, 5) is 10.3. The molecule has 3 aromatic rings. The molecule has 0 radical (unpaired) electrons. The maximum Gasteiger partial charge on any atom is 0.269 e. The van der Waals surface area contributed by atoms with Crippen molar-refractivity contribution in [1.82, 2.24) is 0 Å². The first-order valence-corrected chi connectivity index (χ1v) is 9.73. The van der Waals surface area contributed by atoms with E-state index in [9.17, 15) is 15.4 Å². The minimum absolute atomic E-state index is 0.00682. The van der Waals surface area contributed by atoms with Gasteiger partial charge in [-0.05, 0) is 54.1 Å². The Kier molecular flexibility index (Phi) is 6.96. The van der Waals surface area contributed by atoms with Crippen LogP contribution in [-0.2, 0) is 6.61 Å². The molecule has 0 heterocycles. The number of ether oxygens (including phenoxy) is 1. The average molecular weight is 460 g/mol. The number of nitro benzene ring substituents is 1. The van der Waals surface area contributed by atoms with E-state index in [0.29, 0.717) is 37.5 Å². The summed E-state index contributed by atoms with van der Waals surface area (Å²) in [6.45, 7) is 0.185. The maximum atomic E-state index is 10.8. The molecular weight excluding hydrogens is 447 g/mol. The Morgan fingerprint density at radius 1 is 1.03 bits per heavy atom. The molecule has 0 aliphatic heterocycles. The van der Waals surface area contributed by atoms with E-state index in [0.717, 1.165) is 5.56 Å². The van der Waals surface area contributed by atoms with Gasteiger partial charge in [-0.2, -0.15) is 5.26 Å². The molecule has 150 valence electrons. The van der Waals surface area contributed by atoms with Gasteiger partial charge in [0.1, 0.15) is 12.4 Å². The van der Waals surface area contributed by atoms with Gasteiger partial charge in [0.15, 0.2) is 0 Å². The van der Waals surface area contributed by atoms with Crippen LogP contribution in [-0.4, -0.2) is 4.92 Å². The number of allylic oxidation sites excluding steroid dienone is 1. The van der Waals surface area contributed by atoms with Crippen molar-refractivity contribution in [2.45, 2.75) is 6.61 Å². The lowest BCUT2D eigenvalue weighted by molar-refractivity contribution is -0.384. The molecule has 0 spiro atoms. The lowest BCUT2D eigenvalue weighted by atomic mass is 10.0. The van der Waals surface area contributed by atoms with Gasteiger partial charge in [0, 0.05) is 33.3 Å². The summed E-state index contributed by atoms with van der Waals surface area (Å²) in [6, 6.07) is 18.1. The zero-order chi connectivity index (χ0) is 21.7. The van der Waals surface area contributed by atoms with Crippen molar-refractivity contribution < 1.29 is 9.66 Å². The molecule has 0 saturated carbocycles. The molecule has 0 amide bonds. The molecule has 5 nitrogen and oxygen atoms in total. The summed E-state index contributed by atoms with van der Waals surface area (Å²) in [5.74, 6) is 0.496. The van der Waals surface area contributed by atoms with Crippen molar-refractivity contribution in [3.8, 4) is 11.8 Å². The molecule has 0 fully saturated rings. The summed E-state index contributed by atoms with van der Waals surface area (Å²) in [5, 5.41) is 21.7. The largest absolute Gasteiger partial charge is 0.488 e. The predicted octanol–water partition coefficient (Wildman–Crippen LogP) is 7.20. The van der Waals surface area contributed by atoms with E-state index in [4.69, 9.17) is 39.5 Å². The first-order valence-electron chi connectivity index (χ1n) is 8.60. The van der Waals surface area contributed by atoms with Gasteiger partial charge in [-0.1, -0.05) is 40.9 Å². The Balaban J connectivity index is 1.90. The standard InChI is InChI=1S/C22H13Cl3N2O3/c23-17-4-8-22(30-13-14-1-5-19(6-2-14)27(28)29)15(10-17)9-16(12-26)20-7-3-18(24)11-21(20)25/h1-11H,13H2/b16-9+. The van der Waals surface area contributed by atoms with E-state index in [1.807, 2.05) is 0 Å². The Hall–Kier alpha value is -3.04. The number of hydrogen-bond acceptors (Lipinski definition) is 4. The van der Waals surface area contributed by atoms with Crippen LogP contribution >= 0.6 is 34.8 Å². The summed E-state index contributed by atoms with van der Waals surface area (Å²) in [7, 11) is 0. The van der Waals surface area contributed by atoms with Crippen molar-refractivity contribution in [2.75, 3.05) is 0 Å². The Labute approximate surface area is 187 Å². The van der Waals surface area contributed by atoms with Crippen LogP contribution in [0.5, 0.6) is 5.75 Å². The highest BCUT2D eigenvalue weighted by Crippen LogP contribution is 2.32. The molecule has 3 rings (SSSR count). The molecule has 0 atom stereocenters. The monoisotopic (exact) mass is 458 g/mol. The molecule has 30 heavy (non-hydrogen) atoms. The van der Waals surface area contributed by atoms with Gasteiger partial charge in [-0.25, -0.2) is 0 Å². The summed E-state index contributed by atoms with van der Waals surface area (Å²) in [6.07, 6.45) is 1.63. The molecule has 0 aromatic heterocycles. The van der Waals surface area contributed by atoms with Crippen LogP contribution in [0.2, 0.25) is 15.1 Å². The summed E-state index contributed by atoms with van der Waals surface area (Å²) >= 11 is 18.3. The fraction of sp³-hybridized carbons (Fsp3) is 0.0455. The SMILES string of the molecule is N#C/C(=C\c1cc(Cl)ccc1OCc1ccc([N+](=O)[O-])cc1)c1ccc(Cl)cc1Cl. The van der Waals surface area contributed by atoms with Crippen LogP contribution in [0.4, 0.5) is 5.69 Å². The number of halogens is 3. The number of non-ortho nitro benzene ring substituents is 1. The van der Waals surface area contributed by atoms with E-state index in [-0.39, 0.29) is 12.3 Å².